The van der Waals surface area contributed by atoms with Gasteiger partial charge in [-0.25, -0.2) is 14.0 Å². The van der Waals surface area contributed by atoms with Crippen LogP contribution in [0.25, 0.3) is 0 Å². The van der Waals surface area contributed by atoms with Crippen molar-refractivity contribution in [2.45, 2.75) is 32.2 Å². The molecule has 1 aromatic rings. The van der Waals surface area contributed by atoms with Gasteiger partial charge in [0.15, 0.2) is 0 Å². The van der Waals surface area contributed by atoms with E-state index in [0.29, 0.717) is 18.9 Å². The summed E-state index contributed by atoms with van der Waals surface area (Å²) >= 11 is 0. The molecule has 0 aromatic heterocycles. The van der Waals surface area contributed by atoms with Gasteiger partial charge in [0, 0.05) is 6.54 Å². The number of amides is 2. The number of carbonyl (C=O) groups is 2. The summed E-state index contributed by atoms with van der Waals surface area (Å²) < 4.78 is 13.5. The average Bonchev–Trinajstić information content (AvgIpc) is 2.48. The van der Waals surface area contributed by atoms with Crippen LogP contribution in [0.3, 0.4) is 0 Å². The maximum atomic E-state index is 13.5. The molecule has 6 heteroatoms. The van der Waals surface area contributed by atoms with Crippen molar-refractivity contribution in [1.82, 2.24) is 4.90 Å². The van der Waals surface area contributed by atoms with E-state index < -0.39 is 23.9 Å². The number of nitrogens with zero attached hydrogens (tertiary/aromatic N) is 1. The molecule has 2 rings (SSSR count). The van der Waals surface area contributed by atoms with Crippen LogP contribution in [0.5, 0.6) is 0 Å². The third-order valence-electron chi connectivity index (χ3n) is 3.95. The number of hydrogen-bond donors (Lipinski definition) is 2. The Bertz CT molecular complexity index is 535. The van der Waals surface area contributed by atoms with Crippen molar-refractivity contribution in [2.75, 3.05) is 11.9 Å². The number of halogens is 1. The van der Waals surface area contributed by atoms with E-state index in [1.54, 1.807) is 6.07 Å². The average molecular weight is 294 g/mol. The van der Waals surface area contributed by atoms with E-state index in [9.17, 15) is 19.1 Å². The SMILES string of the molecule is CCC1CCN(C(=O)Nc2ccccc2F)C(C(=O)O)C1. The van der Waals surface area contributed by atoms with Gasteiger partial charge in [0.25, 0.3) is 0 Å². The first-order chi connectivity index (χ1) is 10.0. The standard InChI is InChI=1S/C15H19FN2O3/c1-2-10-7-8-18(13(9-10)14(19)20)15(21)17-12-6-4-3-5-11(12)16/h3-6,10,13H,2,7-9H2,1H3,(H,17,21)(H,19,20). The zero-order chi connectivity index (χ0) is 15.4. The number of benzene rings is 1. The smallest absolute Gasteiger partial charge is 0.326 e. The summed E-state index contributed by atoms with van der Waals surface area (Å²) in [6.07, 6.45) is 2.11. The zero-order valence-electron chi connectivity index (χ0n) is 11.9. The van der Waals surface area contributed by atoms with Gasteiger partial charge in [0.1, 0.15) is 11.9 Å². The van der Waals surface area contributed by atoms with Crippen molar-refractivity contribution in [2.24, 2.45) is 5.92 Å². The molecular formula is C15H19FN2O3. The summed E-state index contributed by atoms with van der Waals surface area (Å²) in [6, 6.07) is 4.40. The van der Waals surface area contributed by atoms with Gasteiger partial charge >= 0.3 is 12.0 Å². The van der Waals surface area contributed by atoms with Crippen molar-refractivity contribution in [3.63, 3.8) is 0 Å². The number of para-hydroxylation sites is 1. The summed E-state index contributed by atoms with van der Waals surface area (Å²) in [6.45, 7) is 2.38. The van der Waals surface area contributed by atoms with Gasteiger partial charge in [-0.05, 0) is 30.9 Å². The highest BCUT2D eigenvalue weighted by Crippen LogP contribution is 2.26. The lowest BCUT2D eigenvalue weighted by molar-refractivity contribution is -0.143. The first-order valence-corrected chi connectivity index (χ1v) is 7.07. The Morgan fingerprint density at radius 1 is 1.43 bits per heavy atom. The van der Waals surface area contributed by atoms with Crippen LogP contribution in [0.2, 0.25) is 0 Å². The predicted octanol–water partition coefficient (Wildman–Crippen LogP) is 2.93. The Morgan fingerprint density at radius 2 is 2.14 bits per heavy atom. The number of nitrogens with one attached hydrogen (secondary N) is 1. The molecule has 1 heterocycles. The topological polar surface area (TPSA) is 69.6 Å². The Hall–Kier alpha value is -2.11. The summed E-state index contributed by atoms with van der Waals surface area (Å²) in [4.78, 5) is 24.8. The molecule has 1 aliphatic rings. The Kier molecular flexibility index (Phi) is 4.77. The third kappa shape index (κ3) is 3.51. The van der Waals surface area contributed by atoms with E-state index in [1.165, 1.54) is 23.1 Å². The molecule has 0 radical (unpaired) electrons. The molecule has 0 saturated carbocycles. The highest BCUT2D eigenvalue weighted by molar-refractivity contribution is 5.92. The molecule has 1 aliphatic heterocycles. The van der Waals surface area contributed by atoms with Gasteiger partial charge in [-0.1, -0.05) is 25.5 Å². The first kappa shape index (κ1) is 15.3. The summed E-state index contributed by atoms with van der Waals surface area (Å²) in [5.41, 5.74) is 0.0595. The van der Waals surface area contributed by atoms with Crippen LogP contribution >= 0.6 is 0 Å². The number of carbonyl (C=O) groups excluding carboxylic acids is 1. The second kappa shape index (κ2) is 6.56. The van der Waals surface area contributed by atoms with Crippen LogP contribution in [0.1, 0.15) is 26.2 Å². The van der Waals surface area contributed by atoms with E-state index in [4.69, 9.17) is 0 Å². The van der Waals surface area contributed by atoms with E-state index in [-0.39, 0.29) is 5.69 Å². The monoisotopic (exact) mass is 294 g/mol. The molecule has 1 fully saturated rings. The number of likely N-dealkylation sites (tertiary alicyclic amines) is 1. The molecule has 5 nitrogen and oxygen atoms in total. The van der Waals surface area contributed by atoms with E-state index >= 15 is 0 Å². The van der Waals surface area contributed by atoms with E-state index in [1.807, 2.05) is 6.92 Å². The minimum absolute atomic E-state index is 0.0595. The van der Waals surface area contributed by atoms with E-state index in [2.05, 4.69) is 5.32 Å². The molecule has 0 bridgehead atoms. The summed E-state index contributed by atoms with van der Waals surface area (Å²) in [5.74, 6) is -1.25. The van der Waals surface area contributed by atoms with Gasteiger partial charge in [-0.15, -0.1) is 0 Å². The van der Waals surface area contributed by atoms with Gasteiger partial charge < -0.3 is 15.3 Å². The predicted molar refractivity (Wildman–Crippen MR) is 76.6 cm³/mol. The number of urea groups is 1. The van der Waals surface area contributed by atoms with Crippen molar-refractivity contribution >= 4 is 17.7 Å². The van der Waals surface area contributed by atoms with Crippen molar-refractivity contribution < 1.29 is 19.1 Å². The largest absolute Gasteiger partial charge is 0.480 e. The number of aliphatic carboxylic acids is 1. The Balaban J connectivity index is 2.10. The van der Waals surface area contributed by atoms with Gasteiger partial charge in [-0.3, -0.25) is 0 Å². The van der Waals surface area contributed by atoms with Gasteiger partial charge in [-0.2, -0.15) is 0 Å². The molecule has 21 heavy (non-hydrogen) atoms. The lowest BCUT2D eigenvalue weighted by Crippen LogP contribution is -2.51. The molecule has 1 aromatic carbocycles. The van der Waals surface area contributed by atoms with Crippen molar-refractivity contribution in [3.05, 3.63) is 30.1 Å². The maximum absolute atomic E-state index is 13.5. The van der Waals surface area contributed by atoms with Crippen LogP contribution in [-0.4, -0.2) is 34.6 Å². The molecule has 2 atom stereocenters. The highest BCUT2D eigenvalue weighted by Gasteiger charge is 2.35. The number of carboxylic acid groups (broad SMARTS) is 1. The number of rotatable bonds is 3. The maximum Gasteiger partial charge on any atom is 0.326 e. The fourth-order valence-electron chi connectivity index (χ4n) is 2.64. The van der Waals surface area contributed by atoms with Crippen LogP contribution in [0.4, 0.5) is 14.9 Å². The molecule has 2 N–H and O–H groups in total. The molecule has 114 valence electrons. The number of anilines is 1. The Morgan fingerprint density at radius 3 is 2.76 bits per heavy atom. The number of hydrogen-bond acceptors (Lipinski definition) is 2. The minimum atomic E-state index is -1.02. The normalized spacial score (nSPS) is 21.9. The quantitative estimate of drug-likeness (QED) is 0.900. The van der Waals surface area contributed by atoms with Crippen LogP contribution in [-0.2, 0) is 4.79 Å². The minimum Gasteiger partial charge on any atom is -0.480 e. The molecule has 0 aliphatic carbocycles. The second-order valence-electron chi connectivity index (χ2n) is 5.26. The summed E-state index contributed by atoms with van der Waals surface area (Å²) in [5, 5.41) is 11.7. The number of piperidine rings is 1. The second-order valence-corrected chi connectivity index (χ2v) is 5.26. The van der Waals surface area contributed by atoms with Crippen LogP contribution < -0.4 is 5.32 Å². The molecule has 2 amide bonds. The fourth-order valence-corrected chi connectivity index (χ4v) is 2.64. The zero-order valence-corrected chi connectivity index (χ0v) is 11.9. The first-order valence-electron chi connectivity index (χ1n) is 7.07. The van der Waals surface area contributed by atoms with Crippen molar-refractivity contribution in [3.8, 4) is 0 Å². The van der Waals surface area contributed by atoms with Crippen molar-refractivity contribution in [1.29, 1.82) is 0 Å². The number of carboxylic acids is 1. The summed E-state index contributed by atoms with van der Waals surface area (Å²) in [7, 11) is 0. The van der Waals surface area contributed by atoms with E-state index in [0.717, 1.165) is 12.8 Å². The molecular weight excluding hydrogens is 275 g/mol. The third-order valence-corrected chi connectivity index (χ3v) is 3.95. The molecule has 1 saturated heterocycles. The fraction of sp³-hybridized carbons (Fsp3) is 0.467. The lowest BCUT2D eigenvalue weighted by atomic mass is 9.89. The lowest BCUT2D eigenvalue weighted by Gasteiger charge is -2.36. The van der Waals surface area contributed by atoms with Gasteiger partial charge in [0.2, 0.25) is 0 Å². The Labute approximate surface area is 122 Å². The van der Waals surface area contributed by atoms with Crippen LogP contribution in [0.15, 0.2) is 24.3 Å². The molecule has 2 unspecified atom stereocenters. The highest BCUT2D eigenvalue weighted by atomic mass is 19.1. The van der Waals surface area contributed by atoms with Crippen LogP contribution in [0, 0.1) is 11.7 Å². The molecule has 0 spiro atoms. The van der Waals surface area contributed by atoms with Gasteiger partial charge in [0.05, 0.1) is 5.69 Å².